The van der Waals surface area contributed by atoms with E-state index in [0.29, 0.717) is 11.8 Å². The van der Waals surface area contributed by atoms with Crippen LogP contribution in [0.25, 0.3) is 10.8 Å². The lowest BCUT2D eigenvalue weighted by atomic mass is 9.87. The van der Waals surface area contributed by atoms with E-state index in [9.17, 15) is 27.4 Å². The van der Waals surface area contributed by atoms with Crippen molar-refractivity contribution in [3.05, 3.63) is 108 Å². The van der Waals surface area contributed by atoms with Crippen molar-refractivity contribution in [2.75, 3.05) is 19.5 Å². The number of ether oxygens (including phenoxy) is 2. The van der Waals surface area contributed by atoms with Gasteiger partial charge in [-0.05, 0) is 42.5 Å². The molecule has 11 heteroatoms. The maximum atomic E-state index is 12.9. The number of methoxy groups -OCH3 is 2. The van der Waals surface area contributed by atoms with Gasteiger partial charge in [0.2, 0.25) is 5.91 Å². The van der Waals surface area contributed by atoms with Gasteiger partial charge in [-0.25, -0.2) is 0 Å². The summed E-state index contributed by atoms with van der Waals surface area (Å²) in [6.45, 7) is 2.92. The summed E-state index contributed by atoms with van der Waals surface area (Å²) in [5.74, 6) is -0.748. The number of carbonyl (C=O) groups is 3. The molecule has 0 fully saturated rings. The lowest BCUT2D eigenvalue weighted by molar-refractivity contribution is -0.144. The van der Waals surface area contributed by atoms with Crippen molar-refractivity contribution in [3.63, 3.8) is 0 Å². The first kappa shape index (κ1) is 36.9. The highest BCUT2D eigenvalue weighted by molar-refractivity contribution is 7.86. The van der Waals surface area contributed by atoms with E-state index in [-0.39, 0.29) is 51.2 Å². The van der Waals surface area contributed by atoms with Gasteiger partial charge in [0.25, 0.3) is 10.1 Å². The number of Topliss-reactive ketones (excluding diaryl/α,β-unsaturated/α-hetero) is 2. The molecule has 2 N–H and O–H groups in total. The molecule has 0 saturated carbocycles. The zero-order valence-electron chi connectivity index (χ0n) is 25.6. The predicted octanol–water partition coefficient (Wildman–Crippen LogP) is 5.62. The van der Waals surface area contributed by atoms with Gasteiger partial charge in [0.05, 0.1) is 6.42 Å². The Morgan fingerprint density at radius 2 is 1.38 bits per heavy atom. The van der Waals surface area contributed by atoms with Gasteiger partial charge in [0.1, 0.15) is 16.6 Å². The Morgan fingerprint density at radius 3 is 1.87 bits per heavy atom. The minimum Gasteiger partial charge on any atom is -0.373 e. The van der Waals surface area contributed by atoms with E-state index in [1.165, 1.54) is 32.2 Å². The third-order valence-corrected chi connectivity index (χ3v) is 8.13. The van der Waals surface area contributed by atoms with Crippen LogP contribution in [0.1, 0.15) is 31.4 Å². The SMILES string of the molecule is COC(CC(=O)Nc1cccc2cccc(S(=O)(=O)O)c12)(Cc1ccccc1)C(C)=O.COC(Cc1ccccc1)C(C)=O.F. The first-order chi connectivity index (χ1) is 20.9. The number of benzene rings is 4. The standard InChI is InChI=1S/C23H23NO6S.C11H14O2.FH/c1-16(25)23(30-2,14-17-8-4-3-5-9-17)15-21(26)24-19-12-6-10-18-11-7-13-20(22(18)19)31(27,28)29;1-9(12)11(13-2)8-10-6-4-3-5-7-10;/h3-13H,14-15H2,1-2H3,(H,24,26)(H,27,28,29);3-7,11H,8H2,1-2H3;1H. The molecule has 4 rings (SSSR count). The third-order valence-electron chi connectivity index (χ3n) is 7.23. The fraction of sp³-hybridized carbons (Fsp3) is 0.265. The van der Waals surface area contributed by atoms with Crippen LogP contribution in [0.5, 0.6) is 0 Å². The van der Waals surface area contributed by atoms with Gasteiger partial charge < -0.3 is 14.8 Å². The number of fused-ring (bicyclic) bond motifs is 1. The summed E-state index contributed by atoms with van der Waals surface area (Å²) in [5, 5.41) is 3.40. The second kappa shape index (κ2) is 16.7. The van der Waals surface area contributed by atoms with Gasteiger partial charge in [-0.2, -0.15) is 8.42 Å². The molecule has 0 bridgehead atoms. The number of hydrogen-bond acceptors (Lipinski definition) is 7. The van der Waals surface area contributed by atoms with E-state index in [0.717, 1.165) is 11.1 Å². The summed E-state index contributed by atoms with van der Waals surface area (Å²) in [4.78, 5) is 36.1. The van der Waals surface area contributed by atoms with Gasteiger partial charge in [-0.3, -0.25) is 23.6 Å². The van der Waals surface area contributed by atoms with E-state index < -0.39 is 21.6 Å². The van der Waals surface area contributed by atoms with Crippen LogP contribution in [0.15, 0.2) is 102 Å². The van der Waals surface area contributed by atoms with Crippen LogP contribution in [0, 0.1) is 0 Å². The summed E-state index contributed by atoms with van der Waals surface area (Å²) in [6, 6.07) is 28.4. The summed E-state index contributed by atoms with van der Waals surface area (Å²) in [7, 11) is -1.57. The molecule has 0 saturated heterocycles. The predicted molar refractivity (Wildman–Crippen MR) is 172 cm³/mol. The zero-order valence-corrected chi connectivity index (χ0v) is 26.4. The van der Waals surface area contributed by atoms with Crippen molar-refractivity contribution in [2.45, 2.75) is 49.7 Å². The average Bonchev–Trinajstić information content (AvgIpc) is 3.00. The van der Waals surface area contributed by atoms with Gasteiger partial charge in [0, 0.05) is 38.1 Å². The highest BCUT2D eigenvalue weighted by Crippen LogP contribution is 2.31. The number of rotatable bonds is 12. The Labute approximate surface area is 262 Å². The molecule has 0 aliphatic rings. The average molecular weight is 640 g/mol. The maximum Gasteiger partial charge on any atom is 0.295 e. The third kappa shape index (κ3) is 10.1. The molecular weight excluding hydrogens is 601 g/mol. The van der Waals surface area contributed by atoms with Crippen LogP contribution >= 0.6 is 0 Å². The van der Waals surface area contributed by atoms with Crippen molar-refractivity contribution in [2.24, 2.45) is 0 Å². The van der Waals surface area contributed by atoms with Crippen LogP contribution in [0.3, 0.4) is 0 Å². The minimum absolute atomic E-state index is 0. The van der Waals surface area contributed by atoms with Crippen LogP contribution in [0.2, 0.25) is 0 Å². The van der Waals surface area contributed by atoms with Crippen molar-refractivity contribution >= 4 is 44.1 Å². The molecule has 240 valence electrons. The van der Waals surface area contributed by atoms with Crippen molar-refractivity contribution < 1.29 is 41.5 Å². The normalized spacial score (nSPS) is 12.9. The van der Waals surface area contributed by atoms with Crippen molar-refractivity contribution in [1.29, 1.82) is 0 Å². The zero-order chi connectivity index (χ0) is 32.3. The Balaban J connectivity index is 0.000000424. The highest BCUT2D eigenvalue weighted by atomic mass is 32.2. The molecule has 0 aliphatic carbocycles. The van der Waals surface area contributed by atoms with E-state index in [4.69, 9.17) is 9.47 Å². The molecule has 9 nitrogen and oxygen atoms in total. The van der Waals surface area contributed by atoms with E-state index >= 15 is 0 Å². The van der Waals surface area contributed by atoms with Crippen LogP contribution in [-0.2, 0) is 46.8 Å². The number of halogens is 1. The number of amides is 1. The van der Waals surface area contributed by atoms with Gasteiger partial charge >= 0.3 is 0 Å². The Bertz CT molecular complexity index is 1690. The number of carbonyl (C=O) groups excluding carboxylic acids is 3. The van der Waals surface area contributed by atoms with Crippen molar-refractivity contribution in [3.8, 4) is 0 Å². The molecular formula is C34H38FNO8S. The molecule has 2 atom stereocenters. The smallest absolute Gasteiger partial charge is 0.295 e. The van der Waals surface area contributed by atoms with Crippen molar-refractivity contribution in [1.82, 2.24) is 0 Å². The maximum absolute atomic E-state index is 12.9. The number of hydrogen-bond donors (Lipinski definition) is 2. The molecule has 0 heterocycles. The molecule has 0 spiro atoms. The first-order valence-corrected chi connectivity index (χ1v) is 15.3. The fourth-order valence-electron chi connectivity index (χ4n) is 4.83. The molecule has 1 amide bonds. The summed E-state index contributed by atoms with van der Waals surface area (Å²) >= 11 is 0. The molecule has 45 heavy (non-hydrogen) atoms. The van der Waals surface area contributed by atoms with Gasteiger partial charge in [0.15, 0.2) is 11.6 Å². The summed E-state index contributed by atoms with van der Waals surface area (Å²) in [5.41, 5.74) is 0.807. The quantitative estimate of drug-likeness (QED) is 0.191. The Hall–Kier alpha value is -4.29. The first-order valence-electron chi connectivity index (χ1n) is 13.9. The van der Waals surface area contributed by atoms with E-state index in [1.807, 2.05) is 60.7 Å². The monoisotopic (exact) mass is 639 g/mol. The molecule has 4 aromatic carbocycles. The summed E-state index contributed by atoms with van der Waals surface area (Å²) < 4.78 is 43.9. The molecule has 2 unspecified atom stereocenters. The largest absolute Gasteiger partial charge is 0.373 e. The second-order valence-corrected chi connectivity index (χ2v) is 11.7. The molecule has 0 aliphatic heterocycles. The minimum atomic E-state index is -4.51. The number of anilines is 1. The van der Waals surface area contributed by atoms with Crippen LogP contribution in [0.4, 0.5) is 10.4 Å². The van der Waals surface area contributed by atoms with Crippen LogP contribution < -0.4 is 5.32 Å². The molecule has 0 radical (unpaired) electrons. The number of ketones is 2. The number of nitrogens with one attached hydrogen (secondary N) is 1. The van der Waals surface area contributed by atoms with E-state index in [1.54, 1.807) is 32.2 Å². The highest BCUT2D eigenvalue weighted by Gasteiger charge is 2.38. The van der Waals surface area contributed by atoms with Gasteiger partial charge in [-0.15, -0.1) is 0 Å². The summed E-state index contributed by atoms with van der Waals surface area (Å²) in [6.07, 6.45) is 0.298. The molecule has 4 aromatic rings. The fourth-order valence-corrected chi connectivity index (χ4v) is 5.56. The van der Waals surface area contributed by atoms with E-state index in [2.05, 4.69) is 5.32 Å². The second-order valence-electron chi connectivity index (χ2n) is 10.3. The lowest BCUT2D eigenvalue weighted by Gasteiger charge is -2.29. The van der Waals surface area contributed by atoms with Gasteiger partial charge in [-0.1, -0.05) is 84.9 Å². The Kier molecular flexibility index (Phi) is 13.7. The topological polar surface area (TPSA) is 136 Å². The lowest BCUT2D eigenvalue weighted by Crippen LogP contribution is -2.44. The molecule has 0 aromatic heterocycles. The Morgan fingerprint density at radius 1 is 0.822 bits per heavy atom. The van der Waals surface area contributed by atoms with Crippen LogP contribution in [-0.4, -0.2) is 56.4 Å².